The number of nitrogens with one attached hydrogen (secondary N) is 3. The topological polar surface area (TPSA) is 88.7 Å². The van der Waals surface area contributed by atoms with E-state index in [0.29, 0.717) is 35.2 Å². The molecule has 0 unspecified atom stereocenters. The van der Waals surface area contributed by atoms with Crippen molar-refractivity contribution in [3.63, 3.8) is 0 Å². The molecule has 2 aromatic rings. The molecule has 0 heterocycles. The predicted octanol–water partition coefficient (Wildman–Crippen LogP) is 3.07. The highest BCUT2D eigenvalue weighted by Crippen LogP contribution is 2.14. The van der Waals surface area contributed by atoms with E-state index >= 15 is 0 Å². The maximum atomic E-state index is 12.4. The first-order chi connectivity index (χ1) is 13.9. The van der Waals surface area contributed by atoms with Gasteiger partial charge in [0.05, 0.1) is 13.7 Å². The minimum absolute atomic E-state index is 0.0250. The molecule has 0 fully saturated rings. The lowest BCUT2D eigenvalue weighted by atomic mass is 10.1. The number of carbonyl (C=O) groups excluding carboxylic acids is 2. The molecular weight excluding hydrogens is 390 g/mol. The number of rotatable bonds is 7. The van der Waals surface area contributed by atoms with Gasteiger partial charge in [0, 0.05) is 11.1 Å². The van der Waals surface area contributed by atoms with Gasteiger partial charge < -0.3 is 9.47 Å². The van der Waals surface area contributed by atoms with Gasteiger partial charge in [0.1, 0.15) is 11.5 Å². The van der Waals surface area contributed by atoms with Gasteiger partial charge in [0.25, 0.3) is 11.8 Å². The fourth-order valence-electron chi connectivity index (χ4n) is 2.27. The molecule has 0 aliphatic carbocycles. The minimum Gasteiger partial charge on any atom is -0.497 e. The van der Waals surface area contributed by atoms with Crippen LogP contribution in [0.5, 0.6) is 11.5 Å². The number of amides is 2. The average molecular weight is 416 g/mol. The molecule has 29 heavy (non-hydrogen) atoms. The quantitative estimate of drug-likeness (QED) is 0.476. The van der Waals surface area contributed by atoms with Gasteiger partial charge in [-0.25, -0.2) is 0 Å². The van der Waals surface area contributed by atoms with Crippen LogP contribution in [0, 0.1) is 5.92 Å². The Morgan fingerprint density at radius 1 is 0.966 bits per heavy atom. The van der Waals surface area contributed by atoms with Crippen LogP contribution in [0.1, 0.15) is 41.0 Å². The molecule has 2 amide bonds. The molecule has 0 aliphatic rings. The third kappa shape index (κ3) is 7.42. The molecule has 0 saturated carbocycles. The van der Waals surface area contributed by atoms with Gasteiger partial charge in [-0.3, -0.25) is 25.8 Å². The van der Waals surface area contributed by atoms with Crippen molar-refractivity contribution in [1.29, 1.82) is 0 Å². The van der Waals surface area contributed by atoms with Crippen LogP contribution in [0.2, 0.25) is 0 Å². The third-order valence-electron chi connectivity index (χ3n) is 3.93. The smallest absolute Gasteiger partial charge is 0.269 e. The van der Waals surface area contributed by atoms with Gasteiger partial charge in [0.15, 0.2) is 5.11 Å². The molecule has 0 aromatic heterocycles. The van der Waals surface area contributed by atoms with Crippen molar-refractivity contribution in [2.24, 2.45) is 5.92 Å². The maximum Gasteiger partial charge on any atom is 0.269 e. The summed E-state index contributed by atoms with van der Waals surface area (Å²) in [4.78, 5) is 24.4. The van der Waals surface area contributed by atoms with Crippen molar-refractivity contribution in [2.75, 3.05) is 13.7 Å². The van der Waals surface area contributed by atoms with Crippen molar-refractivity contribution in [3.8, 4) is 11.5 Å². The average Bonchev–Trinajstić information content (AvgIpc) is 2.72. The molecular formula is C21H25N3O4S. The zero-order valence-corrected chi connectivity index (χ0v) is 17.5. The molecule has 0 bridgehead atoms. The van der Waals surface area contributed by atoms with Crippen molar-refractivity contribution >= 4 is 29.1 Å². The van der Waals surface area contributed by atoms with E-state index in [9.17, 15) is 9.59 Å². The molecule has 2 aromatic carbocycles. The van der Waals surface area contributed by atoms with Gasteiger partial charge in [-0.15, -0.1) is 0 Å². The number of hydrazine groups is 1. The zero-order valence-electron chi connectivity index (χ0n) is 16.7. The molecule has 0 aliphatic heterocycles. The lowest BCUT2D eigenvalue weighted by Crippen LogP contribution is -2.48. The van der Waals surface area contributed by atoms with Gasteiger partial charge in [0.2, 0.25) is 0 Å². The van der Waals surface area contributed by atoms with E-state index in [1.807, 2.05) is 0 Å². The Morgan fingerprint density at radius 3 is 2.34 bits per heavy atom. The molecule has 8 heteroatoms. The SMILES string of the molecule is COc1ccc(C(=O)NNC(=S)NC(=O)c2cccc(OCCC(C)C)c2)cc1. The first-order valence-electron chi connectivity index (χ1n) is 9.17. The van der Waals surface area contributed by atoms with E-state index in [0.717, 1.165) is 6.42 Å². The second kappa shape index (κ2) is 11.0. The number of methoxy groups -OCH3 is 1. The fraction of sp³-hybridized carbons (Fsp3) is 0.286. The molecule has 154 valence electrons. The molecule has 0 atom stereocenters. The van der Waals surface area contributed by atoms with Crippen LogP contribution < -0.4 is 25.6 Å². The second-order valence-electron chi connectivity index (χ2n) is 6.65. The Hall–Kier alpha value is -3.13. The molecule has 2 rings (SSSR count). The number of hydrogen-bond donors (Lipinski definition) is 3. The molecule has 7 nitrogen and oxygen atoms in total. The largest absolute Gasteiger partial charge is 0.497 e. The summed E-state index contributed by atoms with van der Waals surface area (Å²) in [6.07, 6.45) is 0.929. The number of ether oxygens (including phenoxy) is 2. The van der Waals surface area contributed by atoms with E-state index < -0.39 is 11.8 Å². The zero-order chi connectivity index (χ0) is 21.2. The van der Waals surface area contributed by atoms with Crippen molar-refractivity contribution in [1.82, 2.24) is 16.2 Å². The van der Waals surface area contributed by atoms with Crippen LogP contribution in [0.3, 0.4) is 0 Å². The highest BCUT2D eigenvalue weighted by atomic mass is 32.1. The van der Waals surface area contributed by atoms with Crippen LogP contribution in [-0.4, -0.2) is 30.6 Å². The van der Waals surface area contributed by atoms with Crippen LogP contribution >= 0.6 is 12.2 Å². The summed E-state index contributed by atoms with van der Waals surface area (Å²) in [6, 6.07) is 13.4. The Morgan fingerprint density at radius 2 is 1.69 bits per heavy atom. The van der Waals surface area contributed by atoms with Crippen LogP contribution in [-0.2, 0) is 0 Å². The summed E-state index contributed by atoms with van der Waals surface area (Å²) in [7, 11) is 1.55. The van der Waals surface area contributed by atoms with Gasteiger partial charge in [-0.05, 0) is 67.0 Å². The van der Waals surface area contributed by atoms with Crippen LogP contribution in [0.4, 0.5) is 0 Å². The summed E-state index contributed by atoms with van der Waals surface area (Å²) in [5.41, 5.74) is 5.76. The Balaban J connectivity index is 1.83. The van der Waals surface area contributed by atoms with E-state index in [-0.39, 0.29) is 5.11 Å². The Kier molecular flexibility index (Phi) is 8.42. The van der Waals surface area contributed by atoms with Gasteiger partial charge >= 0.3 is 0 Å². The summed E-state index contributed by atoms with van der Waals surface area (Å²) < 4.78 is 10.7. The maximum absolute atomic E-state index is 12.4. The Labute approximate surface area is 175 Å². The van der Waals surface area contributed by atoms with Crippen molar-refractivity contribution in [3.05, 3.63) is 59.7 Å². The van der Waals surface area contributed by atoms with Crippen molar-refractivity contribution < 1.29 is 19.1 Å². The number of benzene rings is 2. The number of thiocarbonyl (C=S) groups is 1. The van der Waals surface area contributed by atoms with Crippen molar-refractivity contribution in [2.45, 2.75) is 20.3 Å². The molecule has 0 saturated heterocycles. The van der Waals surface area contributed by atoms with E-state index in [1.54, 1.807) is 55.6 Å². The standard InChI is InChI=1S/C21H25N3O4S/c1-14(2)11-12-28-18-6-4-5-16(13-18)19(25)22-21(29)24-23-20(26)15-7-9-17(27-3)10-8-15/h4-10,13-14H,11-12H2,1-3H3,(H,23,26)(H2,22,24,25,29). The van der Waals surface area contributed by atoms with E-state index in [2.05, 4.69) is 30.0 Å². The second-order valence-corrected chi connectivity index (χ2v) is 7.06. The monoisotopic (exact) mass is 415 g/mol. The molecule has 0 spiro atoms. The molecule has 0 radical (unpaired) electrons. The van der Waals surface area contributed by atoms with Gasteiger partial charge in [-0.1, -0.05) is 19.9 Å². The minimum atomic E-state index is -0.407. The van der Waals surface area contributed by atoms with E-state index in [1.165, 1.54) is 0 Å². The normalized spacial score (nSPS) is 10.2. The lowest BCUT2D eigenvalue weighted by molar-refractivity contribution is 0.0934. The molecule has 3 N–H and O–H groups in total. The summed E-state index contributed by atoms with van der Waals surface area (Å²) in [6.45, 7) is 4.82. The van der Waals surface area contributed by atoms with E-state index in [4.69, 9.17) is 21.7 Å². The third-order valence-corrected chi connectivity index (χ3v) is 4.13. The predicted molar refractivity (Wildman–Crippen MR) is 115 cm³/mol. The van der Waals surface area contributed by atoms with Crippen LogP contribution in [0.25, 0.3) is 0 Å². The number of carbonyl (C=O) groups is 2. The summed E-state index contributed by atoms with van der Waals surface area (Å²) in [5.74, 6) is 0.996. The highest BCUT2D eigenvalue weighted by molar-refractivity contribution is 7.80. The first kappa shape index (κ1) is 22.2. The number of hydrogen-bond acceptors (Lipinski definition) is 5. The Bertz CT molecular complexity index is 853. The van der Waals surface area contributed by atoms with Gasteiger partial charge in [-0.2, -0.15) is 0 Å². The first-order valence-corrected chi connectivity index (χ1v) is 9.58. The fourth-order valence-corrected chi connectivity index (χ4v) is 2.42. The summed E-state index contributed by atoms with van der Waals surface area (Å²) >= 11 is 5.06. The lowest BCUT2D eigenvalue weighted by Gasteiger charge is -2.12. The van der Waals surface area contributed by atoms with Crippen LogP contribution in [0.15, 0.2) is 48.5 Å². The summed E-state index contributed by atoms with van der Waals surface area (Å²) in [5, 5.41) is 2.49. The highest BCUT2D eigenvalue weighted by Gasteiger charge is 2.11.